The summed E-state index contributed by atoms with van der Waals surface area (Å²) in [5.74, 6) is -0.160. The van der Waals surface area contributed by atoms with Crippen LogP contribution in [-0.4, -0.2) is 29.1 Å². The Kier molecular flexibility index (Phi) is 6.60. The smallest absolute Gasteiger partial charge is 0.257 e. The lowest BCUT2D eigenvalue weighted by atomic mass is 10.1. The first-order valence-electron chi connectivity index (χ1n) is 8.52. The van der Waals surface area contributed by atoms with Crippen molar-refractivity contribution < 1.29 is 14.4 Å². The molecular formula is C20H23N3O3. The van der Waals surface area contributed by atoms with E-state index in [-0.39, 0.29) is 23.2 Å². The summed E-state index contributed by atoms with van der Waals surface area (Å²) in [5, 5.41) is 5.55. The summed E-state index contributed by atoms with van der Waals surface area (Å²) >= 11 is 0. The SMILES string of the molecule is CC(=O)c1ccc(NC(=O)c2cncc(C(=O)NCCC(C)C)c2)cc1. The van der Waals surface area contributed by atoms with Crippen LogP contribution in [0.4, 0.5) is 5.69 Å². The van der Waals surface area contributed by atoms with Gasteiger partial charge in [0.25, 0.3) is 11.8 Å². The number of anilines is 1. The molecule has 0 saturated heterocycles. The van der Waals surface area contributed by atoms with Crippen LogP contribution in [0.2, 0.25) is 0 Å². The highest BCUT2D eigenvalue weighted by atomic mass is 16.2. The summed E-state index contributed by atoms with van der Waals surface area (Å²) in [5.41, 5.74) is 1.77. The Balaban J connectivity index is 2.03. The number of nitrogens with one attached hydrogen (secondary N) is 2. The van der Waals surface area contributed by atoms with E-state index in [1.807, 2.05) is 0 Å². The van der Waals surface area contributed by atoms with Crippen LogP contribution in [0.5, 0.6) is 0 Å². The Labute approximate surface area is 153 Å². The number of carbonyl (C=O) groups is 3. The molecule has 136 valence electrons. The number of aromatic nitrogens is 1. The Hall–Kier alpha value is -3.02. The zero-order valence-electron chi connectivity index (χ0n) is 15.2. The Bertz CT molecular complexity index is 798. The third-order valence-electron chi connectivity index (χ3n) is 3.82. The molecule has 0 aliphatic rings. The maximum absolute atomic E-state index is 12.4. The molecule has 26 heavy (non-hydrogen) atoms. The van der Waals surface area contributed by atoms with Crippen LogP contribution in [0, 0.1) is 5.92 Å². The van der Waals surface area contributed by atoms with E-state index in [2.05, 4.69) is 29.5 Å². The largest absolute Gasteiger partial charge is 0.352 e. The van der Waals surface area contributed by atoms with E-state index in [4.69, 9.17) is 0 Å². The van der Waals surface area contributed by atoms with Crippen molar-refractivity contribution in [1.82, 2.24) is 10.3 Å². The fourth-order valence-corrected chi connectivity index (χ4v) is 2.26. The molecule has 0 saturated carbocycles. The highest BCUT2D eigenvalue weighted by Gasteiger charge is 2.12. The van der Waals surface area contributed by atoms with Gasteiger partial charge in [-0.1, -0.05) is 13.8 Å². The van der Waals surface area contributed by atoms with Crippen LogP contribution in [0.25, 0.3) is 0 Å². The molecule has 6 heteroatoms. The van der Waals surface area contributed by atoms with Crippen LogP contribution in [-0.2, 0) is 0 Å². The second kappa shape index (κ2) is 8.89. The molecule has 0 aliphatic carbocycles. The summed E-state index contributed by atoms with van der Waals surface area (Å²) in [7, 11) is 0. The third-order valence-corrected chi connectivity index (χ3v) is 3.82. The van der Waals surface area contributed by atoms with Gasteiger partial charge in [0.2, 0.25) is 0 Å². The maximum Gasteiger partial charge on any atom is 0.257 e. The van der Waals surface area contributed by atoms with E-state index in [1.165, 1.54) is 25.4 Å². The van der Waals surface area contributed by atoms with Crippen molar-refractivity contribution in [3.63, 3.8) is 0 Å². The molecule has 2 aromatic rings. The minimum atomic E-state index is -0.370. The Morgan fingerprint density at radius 3 is 2.15 bits per heavy atom. The van der Waals surface area contributed by atoms with Gasteiger partial charge in [-0.25, -0.2) is 0 Å². The van der Waals surface area contributed by atoms with E-state index in [1.54, 1.807) is 24.3 Å². The molecule has 6 nitrogen and oxygen atoms in total. The van der Waals surface area contributed by atoms with Crippen LogP contribution in [0.3, 0.4) is 0 Å². The molecule has 0 fully saturated rings. The number of pyridine rings is 1. The number of Topliss-reactive ketones (excluding diaryl/α,β-unsaturated/α-hetero) is 1. The van der Waals surface area contributed by atoms with Crippen molar-refractivity contribution in [2.24, 2.45) is 5.92 Å². The highest BCUT2D eigenvalue weighted by Crippen LogP contribution is 2.12. The second-order valence-electron chi connectivity index (χ2n) is 6.49. The minimum Gasteiger partial charge on any atom is -0.352 e. The first kappa shape index (κ1) is 19.3. The van der Waals surface area contributed by atoms with Crippen LogP contribution < -0.4 is 10.6 Å². The normalized spacial score (nSPS) is 10.5. The number of ketones is 1. The monoisotopic (exact) mass is 353 g/mol. The lowest BCUT2D eigenvalue weighted by Gasteiger charge is -2.09. The summed E-state index contributed by atoms with van der Waals surface area (Å²) in [6, 6.07) is 8.12. The molecule has 0 unspecified atom stereocenters. The Morgan fingerprint density at radius 2 is 1.58 bits per heavy atom. The quantitative estimate of drug-likeness (QED) is 0.748. The number of benzene rings is 1. The lowest BCUT2D eigenvalue weighted by molar-refractivity contribution is 0.0950. The van der Waals surface area contributed by atoms with E-state index in [0.717, 1.165) is 6.42 Å². The predicted molar refractivity (Wildman–Crippen MR) is 100 cm³/mol. The zero-order valence-corrected chi connectivity index (χ0v) is 15.2. The van der Waals surface area contributed by atoms with Gasteiger partial charge in [0.15, 0.2) is 5.78 Å². The van der Waals surface area contributed by atoms with Crippen molar-refractivity contribution in [1.29, 1.82) is 0 Å². The molecule has 1 aromatic carbocycles. The number of amides is 2. The van der Waals surface area contributed by atoms with Crippen molar-refractivity contribution in [3.8, 4) is 0 Å². The molecule has 0 atom stereocenters. The van der Waals surface area contributed by atoms with Gasteiger partial charge >= 0.3 is 0 Å². The second-order valence-corrected chi connectivity index (χ2v) is 6.49. The van der Waals surface area contributed by atoms with Gasteiger partial charge < -0.3 is 10.6 Å². The maximum atomic E-state index is 12.4. The standard InChI is InChI=1S/C20H23N3O3/c1-13(2)8-9-22-19(25)16-10-17(12-21-11-16)20(26)23-18-6-4-15(5-7-18)14(3)24/h4-7,10-13H,8-9H2,1-3H3,(H,22,25)(H,23,26). The summed E-state index contributed by atoms with van der Waals surface area (Å²) in [6.45, 7) is 6.23. The van der Waals surface area contributed by atoms with Crippen LogP contribution in [0.15, 0.2) is 42.7 Å². The molecule has 0 spiro atoms. The van der Waals surface area contributed by atoms with E-state index in [0.29, 0.717) is 29.3 Å². The minimum absolute atomic E-state index is 0.0387. The van der Waals surface area contributed by atoms with Gasteiger partial charge in [0, 0.05) is 30.2 Å². The first-order valence-corrected chi connectivity index (χ1v) is 8.52. The van der Waals surface area contributed by atoms with Crippen molar-refractivity contribution >= 4 is 23.3 Å². The highest BCUT2D eigenvalue weighted by molar-refractivity contribution is 6.06. The number of carbonyl (C=O) groups excluding carboxylic acids is 3. The van der Waals surface area contributed by atoms with Crippen LogP contribution in [0.1, 0.15) is 58.3 Å². The van der Waals surface area contributed by atoms with Crippen molar-refractivity contribution in [2.75, 3.05) is 11.9 Å². The van der Waals surface area contributed by atoms with Gasteiger partial charge in [0.1, 0.15) is 0 Å². The van der Waals surface area contributed by atoms with Crippen LogP contribution >= 0.6 is 0 Å². The number of hydrogen-bond acceptors (Lipinski definition) is 4. The van der Waals surface area contributed by atoms with Gasteiger partial charge in [-0.3, -0.25) is 19.4 Å². The number of nitrogens with zero attached hydrogens (tertiary/aromatic N) is 1. The third kappa shape index (κ3) is 5.51. The summed E-state index contributed by atoms with van der Waals surface area (Å²) < 4.78 is 0. The molecule has 2 rings (SSSR count). The van der Waals surface area contributed by atoms with E-state index >= 15 is 0 Å². The van der Waals surface area contributed by atoms with Gasteiger partial charge in [-0.2, -0.15) is 0 Å². The molecule has 2 N–H and O–H groups in total. The number of hydrogen-bond donors (Lipinski definition) is 2. The predicted octanol–water partition coefficient (Wildman–Crippen LogP) is 3.31. The van der Waals surface area contributed by atoms with Crippen molar-refractivity contribution in [3.05, 3.63) is 59.4 Å². The van der Waals surface area contributed by atoms with Gasteiger partial charge in [-0.05, 0) is 49.6 Å². The first-order chi connectivity index (χ1) is 12.4. The van der Waals surface area contributed by atoms with E-state index in [9.17, 15) is 14.4 Å². The Morgan fingerprint density at radius 1 is 0.962 bits per heavy atom. The van der Waals surface area contributed by atoms with Gasteiger partial charge in [-0.15, -0.1) is 0 Å². The molecule has 0 bridgehead atoms. The van der Waals surface area contributed by atoms with E-state index < -0.39 is 0 Å². The average Bonchev–Trinajstić information content (AvgIpc) is 2.62. The molecule has 0 aliphatic heterocycles. The molecule has 1 aromatic heterocycles. The fourth-order valence-electron chi connectivity index (χ4n) is 2.26. The summed E-state index contributed by atoms with van der Waals surface area (Å²) in [6.07, 6.45) is 3.73. The molecule has 1 heterocycles. The lowest BCUT2D eigenvalue weighted by Crippen LogP contribution is -2.26. The molecular weight excluding hydrogens is 330 g/mol. The average molecular weight is 353 g/mol. The fraction of sp³-hybridized carbons (Fsp3) is 0.300. The molecule has 0 radical (unpaired) electrons. The topological polar surface area (TPSA) is 88.2 Å². The number of rotatable bonds is 7. The van der Waals surface area contributed by atoms with Gasteiger partial charge in [0.05, 0.1) is 11.1 Å². The molecule has 2 amide bonds. The summed E-state index contributed by atoms with van der Waals surface area (Å²) in [4.78, 5) is 39.8. The van der Waals surface area contributed by atoms with Crippen molar-refractivity contribution in [2.45, 2.75) is 27.2 Å². The zero-order chi connectivity index (χ0) is 19.1.